The van der Waals surface area contributed by atoms with Crippen LogP contribution in [-0.2, 0) is 9.59 Å². The van der Waals surface area contributed by atoms with Crippen LogP contribution in [0.15, 0.2) is 77.0 Å². The third-order valence-corrected chi connectivity index (χ3v) is 5.95. The van der Waals surface area contributed by atoms with Crippen molar-refractivity contribution in [2.75, 3.05) is 4.90 Å². The minimum absolute atomic E-state index is 0.0643. The zero-order chi connectivity index (χ0) is 21.4. The van der Waals surface area contributed by atoms with Crippen LogP contribution in [0, 0.1) is 13.8 Å². The molecule has 150 valence electrons. The normalized spacial score (nSPS) is 18.1. The van der Waals surface area contributed by atoms with Gasteiger partial charge in [-0.25, -0.2) is 0 Å². The first-order chi connectivity index (χ1) is 14.4. The number of aromatic nitrogens is 1. The molecule has 1 atom stereocenters. The molecule has 1 saturated heterocycles. The van der Waals surface area contributed by atoms with E-state index in [0.29, 0.717) is 16.8 Å². The molecule has 1 aliphatic heterocycles. The number of amides is 1. The summed E-state index contributed by atoms with van der Waals surface area (Å²) in [5.41, 5.74) is 3.79. The summed E-state index contributed by atoms with van der Waals surface area (Å²) in [4.78, 5) is 31.8. The van der Waals surface area contributed by atoms with Gasteiger partial charge in [-0.2, -0.15) is 0 Å². The van der Waals surface area contributed by atoms with Gasteiger partial charge in [0.25, 0.3) is 11.7 Å². The number of nitrogens with zero attached hydrogens (tertiary/aromatic N) is 2. The quantitative estimate of drug-likeness (QED) is 0.334. The number of rotatable bonds is 3. The molecule has 1 aromatic heterocycles. The number of hydrogen-bond acceptors (Lipinski definition) is 4. The number of halogens is 1. The zero-order valence-corrected chi connectivity index (χ0v) is 18.1. The highest BCUT2D eigenvalue weighted by Gasteiger charge is 2.47. The van der Waals surface area contributed by atoms with Crippen molar-refractivity contribution >= 4 is 39.1 Å². The predicted octanol–water partition coefficient (Wildman–Crippen LogP) is 5.09. The molecule has 0 saturated carbocycles. The van der Waals surface area contributed by atoms with Crippen LogP contribution in [0.3, 0.4) is 0 Å². The lowest BCUT2D eigenvalue weighted by molar-refractivity contribution is -0.132. The van der Waals surface area contributed by atoms with Crippen LogP contribution in [0.4, 0.5) is 5.69 Å². The van der Waals surface area contributed by atoms with Crippen molar-refractivity contribution in [2.24, 2.45) is 0 Å². The zero-order valence-electron chi connectivity index (χ0n) is 16.5. The monoisotopic (exact) mass is 462 g/mol. The van der Waals surface area contributed by atoms with Crippen molar-refractivity contribution in [3.8, 4) is 0 Å². The maximum Gasteiger partial charge on any atom is 0.300 e. The molecule has 1 amide bonds. The summed E-state index contributed by atoms with van der Waals surface area (Å²) >= 11 is 3.37. The van der Waals surface area contributed by atoms with Crippen molar-refractivity contribution < 1.29 is 14.7 Å². The molecule has 3 aromatic rings. The first kappa shape index (κ1) is 20.0. The molecular weight excluding hydrogens is 444 g/mol. The van der Waals surface area contributed by atoms with Crippen molar-refractivity contribution in [3.05, 3.63) is 99.3 Å². The number of Topliss-reactive ketones (excluding diaryl/α,β-unsaturated/α-hetero) is 1. The molecule has 2 heterocycles. The van der Waals surface area contributed by atoms with Gasteiger partial charge in [-0.05, 0) is 60.9 Å². The number of carbonyl (C=O) groups excluding carboxylic acids is 2. The van der Waals surface area contributed by atoms with Gasteiger partial charge in [0, 0.05) is 28.1 Å². The lowest BCUT2D eigenvalue weighted by Gasteiger charge is -2.27. The summed E-state index contributed by atoms with van der Waals surface area (Å²) in [5.74, 6) is -1.57. The van der Waals surface area contributed by atoms with E-state index in [1.165, 1.54) is 4.90 Å². The van der Waals surface area contributed by atoms with Gasteiger partial charge in [0.05, 0.1) is 11.6 Å². The minimum atomic E-state index is -0.753. The van der Waals surface area contributed by atoms with Crippen LogP contribution in [0.1, 0.15) is 28.3 Å². The molecule has 6 heteroatoms. The van der Waals surface area contributed by atoms with Gasteiger partial charge in [0.2, 0.25) is 0 Å². The predicted molar refractivity (Wildman–Crippen MR) is 119 cm³/mol. The molecule has 0 bridgehead atoms. The molecule has 30 heavy (non-hydrogen) atoms. The van der Waals surface area contributed by atoms with Gasteiger partial charge >= 0.3 is 0 Å². The number of pyridine rings is 1. The maximum absolute atomic E-state index is 13.2. The fourth-order valence-electron chi connectivity index (χ4n) is 3.70. The van der Waals surface area contributed by atoms with Crippen LogP contribution < -0.4 is 4.90 Å². The van der Waals surface area contributed by atoms with Crippen LogP contribution in [0.2, 0.25) is 0 Å². The first-order valence-corrected chi connectivity index (χ1v) is 10.2. The number of hydrogen-bond donors (Lipinski definition) is 1. The summed E-state index contributed by atoms with van der Waals surface area (Å²) in [5, 5.41) is 11.1. The van der Waals surface area contributed by atoms with Crippen LogP contribution >= 0.6 is 15.9 Å². The first-order valence-electron chi connectivity index (χ1n) is 9.43. The highest BCUT2D eigenvalue weighted by Crippen LogP contribution is 2.43. The SMILES string of the molecule is Cc1cccc(N2C(=O)C(=O)/C(=C(/O)c3ccc(Br)cc3)C2c2ccncc2)c1C. The number of aryl methyl sites for hydroxylation is 1. The van der Waals surface area contributed by atoms with Gasteiger partial charge in [0.1, 0.15) is 5.76 Å². The largest absolute Gasteiger partial charge is 0.507 e. The average molecular weight is 463 g/mol. The Morgan fingerprint density at radius 3 is 2.33 bits per heavy atom. The van der Waals surface area contributed by atoms with E-state index in [2.05, 4.69) is 20.9 Å². The van der Waals surface area contributed by atoms with Gasteiger partial charge in [0.15, 0.2) is 0 Å². The third kappa shape index (κ3) is 3.33. The van der Waals surface area contributed by atoms with E-state index < -0.39 is 17.7 Å². The Morgan fingerprint density at radius 2 is 1.67 bits per heavy atom. The summed E-state index contributed by atoms with van der Waals surface area (Å²) in [6.45, 7) is 3.88. The van der Waals surface area contributed by atoms with Crippen molar-refractivity contribution in [3.63, 3.8) is 0 Å². The van der Waals surface area contributed by atoms with Crippen molar-refractivity contribution in [1.29, 1.82) is 0 Å². The topological polar surface area (TPSA) is 70.5 Å². The van der Waals surface area contributed by atoms with E-state index in [0.717, 1.165) is 15.6 Å². The lowest BCUT2D eigenvalue weighted by Crippen LogP contribution is -2.30. The van der Waals surface area contributed by atoms with E-state index in [9.17, 15) is 14.7 Å². The third-order valence-electron chi connectivity index (χ3n) is 5.42. The number of benzene rings is 2. The average Bonchev–Trinajstić information content (AvgIpc) is 3.01. The van der Waals surface area contributed by atoms with E-state index in [4.69, 9.17) is 0 Å². The van der Waals surface area contributed by atoms with E-state index >= 15 is 0 Å². The highest BCUT2D eigenvalue weighted by atomic mass is 79.9. The Balaban J connectivity index is 1.97. The molecule has 0 spiro atoms. The van der Waals surface area contributed by atoms with Crippen LogP contribution in [-0.4, -0.2) is 21.8 Å². The van der Waals surface area contributed by atoms with Gasteiger partial charge in [-0.3, -0.25) is 19.5 Å². The summed E-state index contributed by atoms with van der Waals surface area (Å²) in [7, 11) is 0. The Hall–Kier alpha value is -3.25. The molecule has 2 aromatic carbocycles. The second kappa shape index (κ2) is 7.88. The van der Waals surface area contributed by atoms with Crippen LogP contribution in [0.5, 0.6) is 0 Å². The summed E-state index contributed by atoms with van der Waals surface area (Å²) in [6.07, 6.45) is 3.22. The molecule has 1 fully saturated rings. The standard InChI is InChI=1S/C24H19BrN2O3/c1-14-4-3-5-19(15(14)2)27-21(16-10-12-26-13-11-16)20(23(29)24(27)30)22(28)17-6-8-18(25)9-7-17/h3-13,21,28H,1-2H3/b22-20+. The van der Waals surface area contributed by atoms with Gasteiger partial charge in [-0.1, -0.05) is 40.2 Å². The smallest absolute Gasteiger partial charge is 0.300 e. The molecule has 1 unspecified atom stereocenters. The van der Waals surface area contributed by atoms with Gasteiger partial charge < -0.3 is 5.11 Å². The van der Waals surface area contributed by atoms with Gasteiger partial charge in [-0.15, -0.1) is 0 Å². The molecule has 4 rings (SSSR count). The molecule has 1 aliphatic rings. The molecular formula is C24H19BrN2O3. The fraction of sp³-hybridized carbons (Fsp3) is 0.125. The second-order valence-corrected chi connectivity index (χ2v) is 8.09. The molecule has 0 radical (unpaired) electrons. The molecule has 5 nitrogen and oxygen atoms in total. The Morgan fingerprint density at radius 1 is 1.00 bits per heavy atom. The van der Waals surface area contributed by atoms with E-state index in [1.54, 1.807) is 48.8 Å². The molecule has 1 N–H and O–H groups in total. The Kier molecular flexibility index (Phi) is 5.26. The highest BCUT2D eigenvalue weighted by molar-refractivity contribution is 9.10. The number of carbonyl (C=O) groups is 2. The van der Waals surface area contributed by atoms with E-state index in [-0.39, 0.29) is 11.3 Å². The van der Waals surface area contributed by atoms with Crippen molar-refractivity contribution in [2.45, 2.75) is 19.9 Å². The summed E-state index contributed by atoms with van der Waals surface area (Å²) < 4.78 is 0.848. The minimum Gasteiger partial charge on any atom is -0.507 e. The fourth-order valence-corrected chi connectivity index (χ4v) is 3.97. The van der Waals surface area contributed by atoms with E-state index in [1.807, 2.05) is 32.0 Å². The number of aliphatic hydroxyl groups excluding tert-OH is 1. The summed E-state index contributed by atoms with van der Waals surface area (Å²) in [6, 6.07) is 15.3. The number of anilines is 1. The Labute approximate surface area is 182 Å². The maximum atomic E-state index is 13.2. The molecule has 0 aliphatic carbocycles. The number of aliphatic hydroxyl groups is 1. The van der Waals surface area contributed by atoms with Crippen molar-refractivity contribution in [1.82, 2.24) is 4.98 Å². The van der Waals surface area contributed by atoms with Crippen LogP contribution in [0.25, 0.3) is 5.76 Å². The second-order valence-electron chi connectivity index (χ2n) is 7.18. The number of ketones is 1. The Bertz CT molecular complexity index is 1170. The lowest BCUT2D eigenvalue weighted by atomic mass is 9.95.